The lowest BCUT2D eigenvalue weighted by molar-refractivity contribution is -0.141. The van der Waals surface area contributed by atoms with Crippen molar-refractivity contribution < 1.29 is 29.0 Å². The van der Waals surface area contributed by atoms with Crippen LogP contribution in [0.4, 0.5) is 4.79 Å². The van der Waals surface area contributed by atoms with Crippen molar-refractivity contribution in [1.29, 1.82) is 0 Å². The third-order valence-electron chi connectivity index (χ3n) is 3.58. The molecular weight excluding hydrogens is 386 g/mol. The SMILES string of the molecule is CC(C)[C@H](NC(=O)OCc1ccccc1)C(=O)N[C@@H](CSCC(N)=O)C(=O)O. The number of thioether (sulfide) groups is 1. The van der Waals surface area contributed by atoms with Gasteiger partial charge in [0.2, 0.25) is 11.8 Å². The fourth-order valence-corrected chi connectivity index (χ4v) is 2.92. The highest BCUT2D eigenvalue weighted by atomic mass is 32.2. The molecule has 0 heterocycles. The van der Waals surface area contributed by atoms with Gasteiger partial charge in [-0.3, -0.25) is 9.59 Å². The number of nitrogens with one attached hydrogen (secondary N) is 2. The molecule has 10 heteroatoms. The molecule has 0 unspecified atom stereocenters. The van der Waals surface area contributed by atoms with Gasteiger partial charge in [-0.25, -0.2) is 9.59 Å². The Balaban J connectivity index is 2.61. The van der Waals surface area contributed by atoms with E-state index < -0.39 is 36.0 Å². The van der Waals surface area contributed by atoms with Gasteiger partial charge in [0.25, 0.3) is 0 Å². The van der Waals surface area contributed by atoms with E-state index in [2.05, 4.69) is 10.6 Å². The first-order valence-electron chi connectivity index (χ1n) is 8.57. The summed E-state index contributed by atoms with van der Waals surface area (Å²) in [6, 6.07) is 6.84. The second-order valence-corrected chi connectivity index (χ2v) is 7.34. The highest BCUT2D eigenvalue weighted by Crippen LogP contribution is 2.07. The van der Waals surface area contributed by atoms with Crippen LogP contribution in [-0.2, 0) is 25.7 Å². The predicted molar refractivity (Wildman–Crippen MR) is 104 cm³/mol. The lowest BCUT2D eigenvalue weighted by Gasteiger charge is -2.23. The Kier molecular flexibility index (Phi) is 9.86. The van der Waals surface area contributed by atoms with E-state index in [4.69, 9.17) is 10.5 Å². The van der Waals surface area contributed by atoms with Crippen molar-refractivity contribution in [3.05, 3.63) is 35.9 Å². The Morgan fingerprint density at radius 3 is 2.32 bits per heavy atom. The highest BCUT2D eigenvalue weighted by molar-refractivity contribution is 8.00. The fourth-order valence-electron chi connectivity index (χ4n) is 2.14. The van der Waals surface area contributed by atoms with Gasteiger partial charge in [0.1, 0.15) is 18.7 Å². The van der Waals surface area contributed by atoms with Gasteiger partial charge in [0.05, 0.1) is 5.75 Å². The first kappa shape index (κ1) is 23.3. The number of ether oxygens (including phenoxy) is 1. The van der Waals surface area contributed by atoms with Gasteiger partial charge in [-0.1, -0.05) is 44.2 Å². The van der Waals surface area contributed by atoms with Crippen molar-refractivity contribution in [2.45, 2.75) is 32.5 Å². The van der Waals surface area contributed by atoms with Crippen LogP contribution in [0.25, 0.3) is 0 Å². The molecule has 9 nitrogen and oxygen atoms in total. The molecule has 154 valence electrons. The summed E-state index contributed by atoms with van der Waals surface area (Å²) in [7, 11) is 0. The average molecular weight is 411 g/mol. The molecule has 3 amide bonds. The third kappa shape index (κ3) is 8.76. The molecule has 1 aromatic carbocycles. The molecule has 0 saturated heterocycles. The third-order valence-corrected chi connectivity index (χ3v) is 4.64. The molecule has 0 aromatic heterocycles. The van der Waals surface area contributed by atoms with Crippen molar-refractivity contribution in [2.24, 2.45) is 11.7 Å². The molecule has 0 aliphatic heterocycles. The Hall–Kier alpha value is -2.75. The van der Waals surface area contributed by atoms with Gasteiger partial charge < -0.3 is 26.2 Å². The summed E-state index contributed by atoms with van der Waals surface area (Å²) >= 11 is 0.997. The van der Waals surface area contributed by atoms with Crippen LogP contribution in [0.1, 0.15) is 19.4 Å². The van der Waals surface area contributed by atoms with Crippen LogP contribution in [-0.4, -0.2) is 52.6 Å². The van der Waals surface area contributed by atoms with Crippen molar-refractivity contribution >= 4 is 35.6 Å². The van der Waals surface area contributed by atoms with E-state index >= 15 is 0 Å². The van der Waals surface area contributed by atoms with E-state index in [0.29, 0.717) is 0 Å². The van der Waals surface area contributed by atoms with Crippen LogP contribution in [0.3, 0.4) is 0 Å². The van der Waals surface area contributed by atoms with E-state index in [1.165, 1.54) is 0 Å². The summed E-state index contributed by atoms with van der Waals surface area (Å²) in [5.74, 6) is -2.89. The van der Waals surface area contributed by atoms with Crippen LogP contribution >= 0.6 is 11.8 Å². The molecule has 1 rings (SSSR count). The van der Waals surface area contributed by atoms with E-state index in [9.17, 15) is 24.3 Å². The maximum atomic E-state index is 12.5. The van der Waals surface area contributed by atoms with Gasteiger partial charge in [-0.05, 0) is 11.5 Å². The molecule has 0 aliphatic carbocycles. The lowest BCUT2D eigenvalue weighted by atomic mass is 10.0. The molecule has 0 saturated carbocycles. The van der Waals surface area contributed by atoms with Gasteiger partial charge in [-0.2, -0.15) is 0 Å². The average Bonchev–Trinajstić information content (AvgIpc) is 2.63. The molecule has 0 bridgehead atoms. The van der Waals surface area contributed by atoms with Crippen LogP contribution in [0.2, 0.25) is 0 Å². The summed E-state index contributed by atoms with van der Waals surface area (Å²) in [6.45, 7) is 3.46. The molecule has 28 heavy (non-hydrogen) atoms. The molecule has 0 fully saturated rings. The minimum atomic E-state index is -1.25. The summed E-state index contributed by atoms with van der Waals surface area (Å²) < 4.78 is 5.10. The highest BCUT2D eigenvalue weighted by Gasteiger charge is 2.29. The monoisotopic (exact) mass is 411 g/mol. The minimum absolute atomic E-state index is 0.0344. The quantitative estimate of drug-likeness (QED) is 0.419. The summed E-state index contributed by atoms with van der Waals surface area (Å²) in [4.78, 5) is 46.6. The molecule has 0 spiro atoms. The summed E-state index contributed by atoms with van der Waals surface area (Å²) in [5.41, 5.74) is 5.81. The molecule has 2 atom stereocenters. The number of nitrogens with two attached hydrogens (primary N) is 1. The smallest absolute Gasteiger partial charge is 0.408 e. The van der Waals surface area contributed by atoms with Crippen molar-refractivity contribution in [1.82, 2.24) is 10.6 Å². The second kappa shape index (κ2) is 11.9. The molecule has 0 radical (unpaired) electrons. The number of hydrogen-bond donors (Lipinski definition) is 4. The second-order valence-electron chi connectivity index (χ2n) is 6.31. The largest absolute Gasteiger partial charge is 0.480 e. The number of carboxylic acid groups (broad SMARTS) is 1. The number of carboxylic acids is 1. The van der Waals surface area contributed by atoms with Gasteiger partial charge in [0, 0.05) is 5.75 Å². The first-order valence-corrected chi connectivity index (χ1v) is 9.72. The number of primary amides is 1. The number of carbonyl (C=O) groups is 4. The Bertz CT molecular complexity index is 683. The van der Waals surface area contributed by atoms with Crippen LogP contribution in [0.15, 0.2) is 30.3 Å². The molecule has 5 N–H and O–H groups in total. The van der Waals surface area contributed by atoms with Crippen LogP contribution in [0.5, 0.6) is 0 Å². The number of carbonyl (C=O) groups excluding carboxylic acids is 3. The van der Waals surface area contributed by atoms with E-state index in [-0.39, 0.29) is 24.0 Å². The van der Waals surface area contributed by atoms with Gasteiger partial charge in [0.15, 0.2) is 0 Å². The number of alkyl carbamates (subject to hydrolysis) is 1. The zero-order valence-electron chi connectivity index (χ0n) is 15.7. The van der Waals surface area contributed by atoms with Gasteiger partial charge >= 0.3 is 12.1 Å². The van der Waals surface area contributed by atoms with Crippen LogP contribution < -0.4 is 16.4 Å². The van der Waals surface area contributed by atoms with Crippen molar-refractivity contribution in [2.75, 3.05) is 11.5 Å². The number of rotatable bonds is 11. The van der Waals surface area contributed by atoms with Gasteiger partial charge in [-0.15, -0.1) is 11.8 Å². The number of benzene rings is 1. The number of aliphatic carboxylic acids is 1. The minimum Gasteiger partial charge on any atom is -0.480 e. The van der Waals surface area contributed by atoms with Crippen molar-refractivity contribution in [3.8, 4) is 0 Å². The standard InChI is InChI=1S/C18H25N3O6S/c1-11(2)15(21-18(26)27-8-12-6-4-3-5-7-12)16(23)20-13(17(24)25)9-28-10-14(19)22/h3-7,11,13,15H,8-10H2,1-2H3,(H2,19,22)(H,20,23)(H,21,26)(H,24,25)/t13-,15-/m0/s1. The zero-order chi connectivity index (χ0) is 21.1. The molecule has 0 aliphatic rings. The van der Waals surface area contributed by atoms with E-state index in [0.717, 1.165) is 17.3 Å². The Morgan fingerprint density at radius 1 is 1.14 bits per heavy atom. The lowest BCUT2D eigenvalue weighted by Crippen LogP contribution is -2.54. The maximum Gasteiger partial charge on any atom is 0.408 e. The first-order chi connectivity index (χ1) is 13.2. The zero-order valence-corrected chi connectivity index (χ0v) is 16.5. The predicted octanol–water partition coefficient (Wildman–Crippen LogP) is 0.725. The molecule has 1 aromatic rings. The number of hydrogen-bond acceptors (Lipinski definition) is 6. The van der Waals surface area contributed by atoms with E-state index in [1.54, 1.807) is 26.0 Å². The van der Waals surface area contributed by atoms with Crippen LogP contribution in [0, 0.1) is 5.92 Å². The number of amides is 3. The van der Waals surface area contributed by atoms with E-state index in [1.807, 2.05) is 18.2 Å². The van der Waals surface area contributed by atoms with Crippen molar-refractivity contribution in [3.63, 3.8) is 0 Å². The normalized spacial score (nSPS) is 12.7. The fraction of sp³-hybridized carbons (Fsp3) is 0.444. The molecular formula is C18H25N3O6S. The summed E-state index contributed by atoms with van der Waals surface area (Å²) in [5, 5.41) is 14.1. The topological polar surface area (TPSA) is 148 Å². The maximum absolute atomic E-state index is 12.5. The Labute approximate surface area is 167 Å². The summed E-state index contributed by atoms with van der Waals surface area (Å²) in [6.07, 6.45) is -0.785. The Morgan fingerprint density at radius 2 is 1.79 bits per heavy atom.